The van der Waals surface area contributed by atoms with E-state index in [9.17, 15) is 14.9 Å². The van der Waals surface area contributed by atoms with Gasteiger partial charge in [0, 0.05) is 44.8 Å². The van der Waals surface area contributed by atoms with Crippen LogP contribution < -0.4 is 5.32 Å². The van der Waals surface area contributed by atoms with Crippen LogP contribution in [0, 0.1) is 25.2 Å². The third-order valence-corrected chi connectivity index (χ3v) is 5.06. The first-order chi connectivity index (χ1) is 12.9. The van der Waals surface area contributed by atoms with Gasteiger partial charge in [-0.2, -0.15) is 5.26 Å². The van der Waals surface area contributed by atoms with Crippen molar-refractivity contribution >= 4 is 17.7 Å². The van der Waals surface area contributed by atoms with E-state index in [0.29, 0.717) is 17.9 Å². The number of likely N-dealkylation sites (N-methyl/N-ethyl adjacent to an activating group) is 1. The number of nitrogens with zero attached hydrogens (tertiary/aromatic N) is 4. The van der Waals surface area contributed by atoms with Crippen molar-refractivity contribution in [3.05, 3.63) is 16.9 Å². The van der Waals surface area contributed by atoms with Crippen LogP contribution in [0.3, 0.4) is 0 Å². The molecule has 1 aromatic heterocycles. The Balaban J connectivity index is 1.80. The van der Waals surface area contributed by atoms with E-state index in [1.54, 1.807) is 13.8 Å². The number of carbonyl (C=O) groups excluding carboxylic acids is 2. The average Bonchev–Trinajstić information content (AvgIpc) is 2.90. The number of nitriles is 1. The summed E-state index contributed by atoms with van der Waals surface area (Å²) in [5.41, 5.74) is 1.12. The summed E-state index contributed by atoms with van der Waals surface area (Å²) in [6.07, 6.45) is 0. The molecule has 0 radical (unpaired) electrons. The van der Waals surface area contributed by atoms with Crippen molar-refractivity contribution in [1.82, 2.24) is 14.7 Å². The van der Waals surface area contributed by atoms with Crippen molar-refractivity contribution in [2.24, 2.45) is 0 Å². The zero-order valence-corrected chi connectivity index (χ0v) is 16.7. The Labute approximate surface area is 160 Å². The molecule has 0 atom stereocenters. The van der Waals surface area contributed by atoms with Crippen LogP contribution in [0.5, 0.6) is 0 Å². The lowest BCUT2D eigenvalue weighted by molar-refractivity contribution is -0.132. The molecule has 1 aliphatic rings. The highest BCUT2D eigenvalue weighted by Crippen LogP contribution is 2.25. The van der Waals surface area contributed by atoms with E-state index in [0.717, 1.165) is 44.8 Å². The van der Waals surface area contributed by atoms with Crippen LogP contribution in [-0.4, -0.2) is 78.9 Å². The monoisotopic (exact) mass is 375 g/mol. The Morgan fingerprint density at radius 2 is 1.67 bits per heavy atom. The van der Waals surface area contributed by atoms with Gasteiger partial charge in [-0.1, -0.05) is 0 Å². The van der Waals surface area contributed by atoms with Gasteiger partial charge in [0.2, 0.25) is 17.7 Å². The van der Waals surface area contributed by atoms with Crippen LogP contribution in [0.1, 0.15) is 30.7 Å². The van der Waals surface area contributed by atoms with E-state index in [4.69, 9.17) is 4.42 Å². The number of carbonyl (C=O) groups is 2. The Bertz CT molecular complexity index is 710. The summed E-state index contributed by atoms with van der Waals surface area (Å²) in [4.78, 5) is 30.5. The number of nitrogens with one attached hydrogen (secondary N) is 1. The lowest BCUT2D eigenvalue weighted by Gasteiger charge is -2.34. The molecule has 2 rings (SSSR count). The molecule has 27 heavy (non-hydrogen) atoms. The third kappa shape index (κ3) is 5.31. The van der Waals surface area contributed by atoms with Gasteiger partial charge >= 0.3 is 0 Å². The standard InChI is InChI=1S/C19H29N5O3/c1-5-24(6-2)18(26)13-23-9-7-22(8-10-23)12-17(25)21-19-16(11-20)14(3)15(4)27-19/h5-10,12-13H2,1-4H3,(H,21,25). The van der Waals surface area contributed by atoms with Crippen molar-refractivity contribution < 1.29 is 14.0 Å². The molecule has 0 unspecified atom stereocenters. The number of furan rings is 1. The molecule has 1 saturated heterocycles. The number of hydrogen-bond acceptors (Lipinski definition) is 6. The number of hydrogen-bond donors (Lipinski definition) is 1. The van der Waals surface area contributed by atoms with Crippen molar-refractivity contribution in [1.29, 1.82) is 5.26 Å². The molecular formula is C19H29N5O3. The normalized spacial score (nSPS) is 15.4. The predicted octanol–water partition coefficient (Wildman–Crippen LogP) is 1.19. The Kier molecular flexibility index (Phi) is 7.39. The molecule has 1 aliphatic heterocycles. The fraction of sp³-hybridized carbons (Fsp3) is 0.632. The molecule has 8 nitrogen and oxygen atoms in total. The van der Waals surface area contributed by atoms with Crippen LogP contribution in [0.15, 0.2) is 4.42 Å². The number of piperazine rings is 1. The average molecular weight is 375 g/mol. The quantitative estimate of drug-likeness (QED) is 0.770. The molecule has 2 heterocycles. The molecule has 0 aromatic carbocycles. The summed E-state index contributed by atoms with van der Waals surface area (Å²) < 4.78 is 5.48. The van der Waals surface area contributed by atoms with Crippen molar-refractivity contribution in [3.8, 4) is 6.07 Å². The van der Waals surface area contributed by atoms with E-state index in [1.165, 1.54) is 0 Å². The van der Waals surface area contributed by atoms with Gasteiger partial charge in [-0.05, 0) is 27.7 Å². The maximum Gasteiger partial charge on any atom is 0.240 e. The maximum atomic E-state index is 12.3. The zero-order valence-electron chi connectivity index (χ0n) is 16.7. The number of rotatable bonds is 7. The first-order valence-electron chi connectivity index (χ1n) is 9.41. The van der Waals surface area contributed by atoms with Gasteiger partial charge in [-0.25, -0.2) is 0 Å². The van der Waals surface area contributed by atoms with Gasteiger partial charge in [0.1, 0.15) is 17.4 Å². The van der Waals surface area contributed by atoms with Crippen LogP contribution in [0.25, 0.3) is 0 Å². The summed E-state index contributed by atoms with van der Waals surface area (Å²) in [6, 6.07) is 2.07. The lowest BCUT2D eigenvalue weighted by Crippen LogP contribution is -2.51. The summed E-state index contributed by atoms with van der Waals surface area (Å²) >= 11 is 0. The fourth-order valence-corrected chi connectivity index (χ4v) is 3.19. The number of anilines is 1. The topological polar surface area (TPSA) is 92.8 Å². The molecule has 0 bridgehead atoms. The van der Waals surface area contributed by atoms with Gasteiger partial charge in [-0.3, -0.25) is 24.7 Å². The highest BCUT2D eigenvalue weighted by molar-refractivity contribution is 5.92. The molecule has 1 fully saturated rings. The molecular weight excluding hydrogens is 346 g/mol. The van der Waals surface area contributed by atoms with E-state index in [1.807, 2.05) is 23.6 Å². The maximum absolute atomic E-state index is 12.3. The van der Waals surface area contributed by atoms with Gasteiger partial charge in [0.05, 0.1) is 13.1 Å². The summed E-state index contributed by atoms with van der Waals surface area (Å²) in [5, 5.41) is 11.9. The largest absolute Gasteiger partial charge is 0.444 e. The minimum atomic E-state index is -0.201. The predicted molar refractivity (Wildman–Crippen MR) is 102 cm³/mol. The van der Waals surface area contributed by atoms with Gasteiger partial charge in [0.25, 0.3) is 0 Å². The van der Waals surface area contributed by atoms with Crippen molar-refractivity contribution in [2.45, 2.75) is 27.7 Å². The first-order valence-corrected chi connectivity index (χ1v) is 9.41. The van der Waals surface area contributed by atoms with Crippen LogP contribution in [0.2, 0.25) is 0 Å². The second-order valence-electron chi connectivity index (χ2n) is 6.77. The van der Waals surface area contributed by atoms with Gasteiger partial charge in [0.15, 0.2) is 0 Å². The number of amides is 2. The third-order valence-electron chi connectivity index (χ3n) is 5.06. The SMILES string of the molecule is CCN(CC)C(=O)CN1CCN(CC(=O)Nc2oc(C)c(C)c2C#N)CC1. The smallest absolute Gasteiger partial charge is 0.240 e. The van der Waals surface area contributed by atoms with Crippen LogP contribution in [-0.2, 0) is 9.59 Å². The highest BCUT2D eigenvalue weighted by atomic mass is 16.4. The molecule has 148 valence electrons. The van der Waals surface area contributed by atoms with E-state index < -0.39 is 0 Å². The first kappa shape index (κ1) is 20.9. The molecule has 0 aliphatic carbocycles. The molecule has 8 heteroatoms. The molecule has 2 amide bonds. The second-order valence-corrected chi connectivity index (χ2v) is 6.77. The van der Waals surface area contributed by atoms with E-state index in [-0.39, 0.29) is 24.2 Å². The number of aryl methyl sites for hydroxylation is 1. The van der Waals surface area contributed by atoms with Gasteiger partial charge in [-0.15, -0.1) is 0 Å². The summed E-state index contributed by atoms with van der Waals surface area (Å²) in [7, 11) is 0. The van der Waals surface area contributed by atoms with Crippen LogP contribution >= 0.6 is 0 Å². The summed E-state index contributed by atoms with van der Waals surface area (Å²) in [6.45, 7) is 12.6. The van der Waals surface area contributed by atoms with Gasteiger partial charge < -0.3 is 9.32 Å². The summed E-state index contributed by atoms with van der Waals surface area (Å²) in [5.74, 6) is 0.806. The minimum Gasteiger partial charge on any atom is -0.444 e. The Morgan fingerprint density at radius 3 is 2.19 bits per heavy atom. The minimum absolute atomic E-state index is 0.152. The lowest BCUT2D eigenvalue weighted by atomic mass is 10.2. The zero-order chi connectivity index (χ0) is 20.0. The fourth-order valence-electron chi connectivity index (χ4n) is 3.19. The molecule has 1 aromatic rings. The Morgan fingerprint density at radius 1 is 1.11 bits per heavy atom. The molecule has 0 spiro atoms. The molecule has 1 N–H and O–H groups in total. The van der Waals surface area contributed by atoms with Crippen molar-refractivity contribution in [3.63, 3.8) is 0 Å². The highest BCUT2D eigenvalue weighted by Gasteiger charge is 2.23. The molecule has 0 saturated carbocycles. The van der Waals surface area contributed by atoms with E-state index >= 15 is 0 Å². The van der Waals surface area contributed by atoms with Crippen LogP contribution in [0.4, 0.5) is 5.88 Å². The van der Waals surface area contributed by atoms with E-state index in [2.05, 4.69) is 16.3 Å². The van der Waals surface area contributed by atoms with Crippen molar-refractivity contribution in [2.75, 3.05) is 57.7 Å². The Hall–Kier alpha value is -2.37. The second kappa shape index (κ2) is 9.53.